The van der Waals surface area contributed by atoms with E-state index in [4.69, 9.17) is 0 Å². The number of hydrogen-bond donors (Lipinski definition) is 0. The van der Waals surface area contributed by atoms with Crippen molar-refractivity contribution in [2.45, 2.75) is 99.8 Å². The fourth-order valence-electron chi connectivity index (χ4n) is 3.32. The average molecular weight is 359 g/mol. The Morgan fingerprint density at radius 2 is 0.680 bits per heavy atom. The minimum Gasteiger partial charge on any atom is -0.327 e. The van der Waals surface area contributed by atoms with Gasteiger partial charge in [-0.1, -0.05) is 53.4 Å². The first kappa shape index (κ1) is 27.1. The Morgan fingerprint density at radius 3 is 0.800 bits per heavy atom. The molecule has 0 saturated heterocycles. The lowest BCUT2D eigenvalue weighted by molar-refractivity contribution is -0.929. The maximum atomic E-state index is 2.33. The summed E-state index contributed by atoms with van der Waals surface area (Å²) in [4.78, 5) is 0. The van der Waals surface area contributed by atoms with Gasteiger partial charge >= 0.3 is 0 Å². The Labute approximate surface area is 162 Å². The maximum Gasteiger partial charge on any atom is 0.0786 e. The van der Waals surface area contributed by atoms with E-state index in [1.54, 1.807) is 0 Å². The Morgan fingerprint density at radius 1 is 0.440 bits per heavy atom. The van der Waals surface area contributed by atoms with Crippen LogP contribution in [0.2, 0.25) is 0 Å². The van der Waals surface area contributed by atoms with Crippen molar-refractivity contribution < 1.29 is 8.97 Å². The van der Waals surface area contributed by atoms with Crippen molar-refractivity contribution in [2.75, 3.05) is 52.9 Å². The van der Waals surface area contributed by atoms with E-state index in [0.29, 0.717) is 0 Å². The monoisotopic (exact) mass is 358 g/mol. The predicted octanol–water partition coefficient (Wildman–Crippen LogP) is 6.50. The fourth-order valence-corrected chi connectivity index (χ4v) is 3.32. The van der Waals surface area contributed by atoms with Gasteiger partial charge in [0.05, 0.1) is 52.9 Å². The molecule has 2 heteroatoms. The quantitative estimate of drug-likeness (QED) is 0.293. The van der Waals surface area contributed by atoms with Crippen LogP contribution >= 0.6 is 0 Å². The molecular formula is C23H54N2+2. The number of rotatable bonds is 15. The van der Waals surface area contributed by atoms with Gasteiger partial charge in [0.1, 0.15) is 0 Å². The van der Waals surface area contributed by atoms with E-state index in [1.165, 1.54) is 106 Å². The molecule has 0 bridgehead atoms. The highest BCUT2D eigenvalue weighted by Gasteiger charge is 2.24. The van der Waals surface area contributed by atoms with Gasteiger partial charge in [-0.2, -0.15) is 0 Å². The Balaban J connectivity index is 0. The van der Waals surface area contributed by atoms with Crippen molar-refractivity contribution in [3.63, 3.8) is 0 Å². The maximum absolute atomic E-state index is 2.33. The van der Waals surface area contributed by atoms with Gasteiger partial charge in [-0.15, -0.1) is 0 Å². The first-order valence-corrected chi connectivity index (χ1v) is 11.6. The molecule has 0 radical (unpaired) electrons. The summed E-state index contributed by atoms with van der Waals surface area (Å²) in [5.41, 5.74) is 0. The van der Waals surface area contributed by atoms with Crippen LogP contribution in [-0.2, 0) is 0 Å². The molecule has 0 aromatic carbocycles. The molecule has 0 rings (SSSR count). The first-order valence-electron chi connectivity index (χ1n) is 11.6. The van der Waals surface area contributed by atoms with Crippen molar-refractivity contribution in [3.05, 3.63) is 0 Å². The van der Waals surface area contributed by atoms with E-state index in [1.807, 2.05) is 0 Å². The molecule has 0 saturated carbocycles. The lowest BCUT2D eigenvalue weighted by Gasteiger charge is -2.39. The van der Waals surface area contributed by atoms with Gasteiger partial charge in [-0.05, 0) is 46.5 Å². The van der Waals surface area contributed by atoms with Gasteiger partial charge in [-0.25, -0.2) is 0 Å². The van der Waals surface area contributed by atoms with Crippen LogP contribution < -0.4 is 0 Å². The van der Waals surface area contributed by atoms with Crippen molar-refractivity contribution in [3.8, 4) is 0 Å². The fraction of sp³-hybridized carbons (Fsp3) is 1.00. The van der Waals surface area contributed by atoms with E-state index in [0.717, 1.165) is 0 Å². The molecular weight excluding hydrogens is 304 g/mol. The minimum atomic E-state index is 1.21. The molecule has 0 aliphatic rings. The smallest absolute Gasteiger partial charge is 0.0786 e. The van der Waals surface area contributed by atoms with Gasteiger partial charge in [-0.3, -0.25) is 0 Å². The van der Waals surface area contributed by atoms with E-state index < -0.39 is 0 Å². The topological polar surface area (TPSA) is 0 Å². The molecule has 0 unspecified atom stereocenters. The van der Waals surface area contributed by atoms with Gasteiger partial charge in [0.15, 0.2) is 0 Å². The summed E-state index contributed by atoms with van der Waals surface area (Å²) in [6.45, 7) is 25.5. The molecule has 25 heavy (non-hydrogen) atoms. The average Bonchev–Trinajstić information content (AvgIpc) is 2.66. The van der Waals surface area contributed by atoms with E-state index in [9.17, 15) is 0 Å². The largest absolute Gasteiger partial charge is 0.327 e. The molecule has 0 atom stereocenters. The standard InChI is InChI=1S/C16H36N.C7H18N/c1-5-9-13-17(14-10-6-2,15-11-7-3)16-12-8-4;1-5-8(4,6-2)7-3/h5-16H2,1-4H3;5-7H2,1-4H3/q2*+1. The third-order valence-electron chi connectivity index (χ3n) is 6.23. The van der Waals surface area contributed by atoms with Crippen molar-refractivity contribution in [1.29, 1.82) is 0 Å². The molecule has 0 amide bonds. The summed E-state index contributed by atoms with van der Waals surface area (Å²) in [6.07, 6.45) is 11.1. The summed E-state index contributed by atoms with van der Waals surface area (Å²) >= 11 is 0. The van der Waals surface area contributed by atoms with Crippen LogP contribution in [-0.4, -0.2) is 61.8 Å². The number of nitrogens with zero attached hydrogens (tertiary/aromatic N) is 2. The van der Waals surface area contributed by atoms with E-state index >= 15 is 0 Å². The molecule has 2 nitrogen and oxygen atoms in total. The minimum absolute atomic E-state index is 1.21. The summed E-state index contributed by atoms with van der Waals surface area (Å²) in [7, 11) is 2.29. The summed E-state index contributed by atoms with van der Waals surface area (Å²) < 4.78 is 2.63. The molecule has 0 aliphatic heterocycles. The zero-order chi connectivity index (χ0) is 19.6. The Bertz CT molecular complexity index is 213. The number of unbranched alkanes of at least 4 members (excludes halogenated alkanes) is 4. The van der Waals surface area contributed by atoms with E-state index in [-0.39, 0.29) is 0 Å². The third-order valence-corrected chi connectivity index (χ3v) is 6.23. The highest BCUT2D eigenvalue weighted by Crippen LogP contribution is 2.16. The van der Waals surface area contributed by atoms with Crippen LogP contribution in [0.4, 0.5) is 0 Å². The molecule has 0 spiro atoms. The van der Waals surface area contributed by atoms with Crippen LogP contribution in [0.15, 0.2) is 0 Å². The summed E-state index contributed by atoms with van der Waals surface area (Å²) in [6, 6.07) is 0. The van der Waals surface area contributed by atoms with Crippen LogP contribution in [0, 0.1) is 0 Å². The second-order valence-corrected chi connectivity index (χ2v) is 8.22. The Kier molecular flexibility index (Phi) is 18.8. The SMILES string of the molecule is CCCC[N+](CCCC)(CCCC)CCCC.CC[N+](C)(CC)CC. The zero-order valence-electron chi connectivity index (χ0n) is 19.5. The molecule has 0 N–H and O–H groups in total. The van der Waals surface area contributed by atoms with Gasteiger partial charge < -0.3 is 8.97 Å². The normalized spacial score (nSPS) is 12.0. The predicted molar refractivity (Wildman–Crippen MR) is 117 cm³/mol. The van der Waals surface area contributed by atoms with Gasteiger partial charge in [0.2, 0.25) is 0 Å². The summed E-state index contributed by atoms with van der Waals surface area (Å²) in [5.74, 6) is 0. The second kappa shape index (κ2) is 17.3. The van der Waals surface area contributed by atoms with Crippen LogP contribution in [0.5, 0.6) is 0 Å². The van der Waals surface area contributed by atoms with Crippen molar-refractivity contribution in [1.82, 2.24) is 0 Å². The number of quaternary nitrogens is 2. The van der Waals surface area contributed by atoms with Crippen LogP contribution in [0.3, 0.4) is 0 Å². The van der Waals surface area contributed by atoms with Crippen LogP contribution in [0.1, 0.15) is 99.8 Å². The lowest BCUT2D eigenvalue weighted by Crippen LogP contribution is -2.50. The van der Waals surface area contributed by atoms with Gasteiger partial charge in [0, 0.05) is 0 Å². The van der Waals surface area contributed by atoms with Gasteiger partial charge in [0.25, 0.3) is 0 Å². The second-order valence-electron chi connectivity index (χ2n) is 8.22. The molecule has 154 valence electrons. The lowest BCUT2D eigenvalue weighted by atomic mass is 10.1. The molecule has 0 heterocycles. The highest BCUT2D eigenvalue weighted by atomic mass is 15.3. The number of hydrogen-bond acceptors (Lipinski definition) is 0. The Hall–Kier alpha value is -0.0800. The molecule has 0 aromatic rings. The third kappa shape index (κ3) is 13.7. The molecule has 0 aliphatic carbocycles. The molecule has 0 aromatic heterocycles. The summed E-state index contributed by atoms with van der Waals surface area (Å²) in [5, 5.41) is 0. The van der Waals surface area contributed by atoms with Crippen LogP contribution in [0.25, 0.3) is 0 Å². The van der Waals surface area contributed by atoms with Crippen molar-refractivity contribution >= 4 is 0 Å². The zero-order valence-corrected chi connectivity index (χ0v) is 19.5. The van der Waals surface area contributed by atoms with E-state index in [2.05, 4.69) is 55.5 Å². The first-order chi connectivity index (χ1) is 11.9. The van der Waals surface area contributed by atoms with Crippen molar-refractivity contribution in [2.24, 2.45) is 0 Å². The molecule has 0 fully saturated rings. The highest BCUT2D eigenvalue weighted by molar-refractivity contribution is 4.49.